The number of piperazine rings is 1. The molecule has 2 aromatic carbocycles. The van der Waals surface area contributed by atoms with Gasteiger partial charge in [-0.3, -0.25) is 9.69 Å². The Morgan fingerprint density at radius 2 is 1.79 bits per heavy atom. The molecule has 0 aromatic heterocycles. The molecule has 1 aliphatic heterocycles. The number of ether oxygens (including phenoxy) is 1. The first-order valence-corrected chi connectivity index (χ1v) is 10.2. The number of nitrogens with one attached hydrogen (secondary N) is 1. The number of anilines is 1. The summed E-state index contributed by atoms with van der Waals surface area (Å²) in [5.74, 6) is 0.945. The second-order valence-corrected chi connectivity index (χ2v) is 7.38. The van der Waals surface area contributed by atoms with Crippen LogP contribution in [-0.2, 0) is 4.79 Å². The average Bonchev–Trinajstić information content (AvgIpc) is 2.69. The molecule has 2 aromatic rings. The van der Waals surface area contributed by atoms with Gasteiger partial charge in [-0.1, -0.05) is 41.9 Å². The zero-order valence-corrected chi connectivity index (χ0v) is 17.3. The van der Waals surface area contributed by atoms with Gasteiger partial charge in [-0.25, -0.2) is 0 Å². The van der Waals surface area contributed by atoms with Crippen LogP contribution in [0, 0.1) is 0 Å². The van der Waals surface area contributed by atoms with E-state index in [9.17, 15) is 4.79 Å². The summed E-state index contributed by atoms with van der Waals surface area (Å²) >= 11 is 6.23. The summed E-state index contributed by atoms with van der Waals surface area (Å²) in [6.07, 6.45) is 0. The van der Waals surface area contributed by atoms with Gasteiger partial charge >= 0.3 is 0 Å². The number of rotatable bonds is 7. The quantitative estimate of drug-likeness (QED) is 0.767. The van der Waals surface area contributed by atoms with E-state index >= 15 is 0 Å². The molecule has 6 heteroatoms. The molecular formula is C22H28ClN3O2. The van der Waals surface area contributed by atoms with Crippen molar-refractivity contribution in [1.82, 2.24) is 10.2 Å². The van der Waals surface area contributed by atoms with Crippen LogP contribution in [0.3, 0.4) is 0 Å². The van der Waals surface area contributed by atoms with Crippen LogP contribution in [0.15, 0.2) is 48.5 Å². The zero-order chi connectivity index (χ0) is 19.9. The summed E-state index contributed by atoms with van der Waals surface area (Å²) < 4.78 is 5.75. The molecule has 5 nitrogen and oxygen atoms in total. The molecule has 1 aliphatic rings. The third-order valence-corrected chi connectivity index (χ3v) is 5.34. The van der Waals surface area contributed by atoms with Crippen LogP contribution in [0.25, 0.3) is 0 Å². The highest BCUT2D eigenvalue weighted by Gasteiger charge is 2.22. The van der Waals surface area contributed by atoms with Crippen molar-refractivity contribution in [1.29, 1.82) is 0 Å². The van der Waals surface area contributed by atoms with Gasteiger partial charge in [0.05, 0.1) is 24.9 Å². The van der Waals surface area contributed by atoms with E-state index in [-0.39, 0.29) is 11.9 Å². The van der Waals surface area contributed by atoms with Crippen molar-refractivity contribution < 1.29 is 9.53 Å². The van der Waals surface area contributed by atoms with Crippen LogP contribution < -0.4 is 15.0 Å². The Morgan fingerprint density at radius 1 is 1.11 bits per heavy atom. The van der Waals surface area contributed by atoms with E-state index in [0.717, 1.165) is 43.2 Å². The van der Waals surface area contributed by atoms with Crippen molar-refractivity contribution in [3.8, 4) is 5.75 Å². The fourth-order valence-corrected chi connectivity index (χ4v) is 3.84. The molecule has 1 fully saturated rings. The summed E-state index contributed by atoms with van der Waals surface area (Å²) in [6, 6.07) is 15.6. The van der Waals surface area contributed by atoms with E-state index < -0.39 is 0 Å². The van der Waals surface area contributed by atoms with Crippen molar-refractivity contribution in [3.05, 3.63) is 59.1 Å². The standard InChI is InChI=1S/C22H28ClN3O2/c1-3-28-21-11-7-6-10-20(21)26-14-12-25(13-15-26)16-22(27)24-17(2)18-8-4-5-9-19(18)23/h4-11,17H,3,12-16H2,1-2H3,(H,24,27)/t17-/m0/s1. The second kappa shape index (κ2) is 9.80. The SMILES string of the molecule is CCOc1ccccc1N1CCN(CC(=O)N[C@@H](C)c2ccccc2Cl)CC1. The van der Waals surface area contributed by atoms with E-state index in [0.29, 0.717) is 18.2 Å². The largest absolute Gasteiger partial charge is 0.492 e. The first-order valence-electron chi connectivity index (χ1n) is 9.81. The number of amides is 1. The minimum absolute atomic E-state index is 0.0237. The lowest BCUT2D eigenvalue weighted by atomic mass is 10.1. The van der Waals surface area contributed by atoms with Crippen LogP contribution in [0.1, 0.15) is 25.5 Å². The Labute approximate surface area is 172 Å². The fourth-order valence-electron chi connectivity index (χ4n) is 3.54. The number of carbonyl (C=O) groups is 1. The lowest BCUT2D eigenvalue weighted by molar-refractivity contribution is -0.123. The highest BCUT2D eigenvalue weighted by molar-refractivity contribution is 6.31. The van der Waals surface area contributed by atoms with Crippen LogP contribution in [0.5, 0.6) is 5.75 Å². The van der Waals surface area contributed by atoms with Gasteiger partial charge in [0.25, 0.3) is 0 Å². The number of para-hydroxylation sites is 2. The van der Waals surface area contributed by atoms with Gasteiger partial charge in [0.1, 0.15) is 5.75 Å². The van der Waals surface area contributed by atoms with Gasteiger partial charge in [-0.15, -0.1) is 0 Å². The highest BCUT2D eigenvalue weighted by Crippen LogP contribution is 2.28. The van der Waals surface area contributed by atoms with Gasteiger partial charge in [0.2, 0.25) is 5.91 Å². The van der Waals surface area contributed by atoms with Crippen LogP contribution in [0.2, 0.25) is 5.02 Å². The van der Waals surface area contributed by atoms with Gasteiger partial charge in [0.15, 0.2) is 0 Å². The number of carbonyl (C=O) groups excluding carboxylic acids is 1. The second-order valence-electron chi connectivity index (χ2n) is 6.97. The minimum Gasteiger partial charge on any atom is -0.492 e. The number of halogens is 1. The fraction of sp³-hybridized carbons (Fsp3) is 0.409. The van der Waals surface area contributed by atoms with Crippen LogP contribution >= 0.6 is 11.6 Å². The number of nitrogens with zero attached hydrogens (tertiary/aromatic N) is 2. The number of hydrogen-bond donors (Lipinski definition) is 1. The number of benzene rings is 2. The predicted octanol–water partition coefficient (Wildman–Crippen LogP) is 3.74. The molecule has 3 rings (SSSR count). The van der Waals surface area contributed by atoms with E-state index in [1.165, 1.54) is 0 Å². The van der Waals surface area contributed by atoms with E-state index in [1.807, 2.05) is 56.3 Å². The Balaban J connectivity index is 1.50. The molecule has 0 radical (unpaired) electrons. The molecule has 0 saturated carbocycles. The van der Waals surface area contributed by atoms with Gasteiger partial charge in [0, 0.05) is 31.2 Å². The molecule has 1 atom stereocenters. The maximum Gasteiger partial charge on any atom is 0.234 e. The molecule has 1 N–H and O–H groups in total. The molecule has 0 aliphatic carbocycles. The summed E-state index contributed by atoms with van der Waals surface area (Å²) in [5.41, 5.74) is 2.07. The molecule has 1 amide bonds. The van der Waals surface area contributed by atoms with Gasteiger partial charge in [-0.05, 0) is 37.6 Å². The lowest BCUT2D eigenvalue weighted by Gasteiger charge is -2.36. The summed E-state index contributed by atoms with van der Waals surface area (Å²) in [7, 11) is 0. The van der Waals surface area contributed by atoms with Gasteiger partial charge in [-0.2, -0.15) is 0 Å². The molecule has 0 unspecified atom stereocenters. The van der Waals surface area contributed by atoms with E-state index in [1.54, 1.807) is 0 Å². The third-order valence-electron chi connectivity index (χ3n) is 4.99. The Hall–Kier alpha value is -2.24. The van der Waals surface area contributed by atoms with E-state index in [2.05, 4.69) is 21.2 Å². The summed E-state index contributed by atoms with van der Waals surface area (Å²) in [6.45, 7) is 8.44. The molecule has 150 valence electrons. The van der Waals surface area contributed by atoms with Crippen molar-refractivity contribution in [2.45, 2.75) is 19.9 Å². The van der Waals surface area contributed by atoms with Crippen molar-refractivity contribution in [2.75, 3.05) is 44.2 Å². The highest BCUT2D eigenvalue weighted by atomic mass is 35.5. The van der Waals surface area contributed by atoms with E-state index in [4.69, 9.17) is 16.3 Å². The topological polar surface area (TPSA) is 44.8 Å². The first-order chi connectivity index (χ1) is 13.6. The van der Waals surface area contributed by atoms with Crippen molar-refractivity contribution in [3.63, 3.8) is 0 Å². The molecule has 1 heterocycles. The first kappa shape index (κ1) is 20.5. The predicted molar refractivity (Wildman–Crippen MR) is 114 cm³/mol. The normalized spacial score (nSPS) is 15.9. The number of hydrogen-bond acceptors (Lipinski definition) is 4. The molecular weight excluding hydrogens is 374 g/mol. The van der Waals surface area contributed by atoms with Gasteiger partial charge < -0.3 is 15.0 Å². The summed E-state index contributed by atoms with van der Waals surface area (Å²) in [4.78, 5) is 17.0. The lowest BCUT2D eigenvalue weighted by Crippen LogP contribution is -2.49. The Kier molecular flexibility index (Phi) is 7.18. The third kappa shape index (κ3) is 5.18. The molecule has 1 saturated heterocycles. The maximum absolute atomic E-state index is 12.5. The monoisotopic (exact) mass is 401 g/mol. The Morgan fingerprint density at radius 3 is 2.50 bits per heavy atom. The smallest absolute Gasteiger partial charge is 0.234 e. The van der Waals surface area contributed by atoms with Crippen molar-refractivity contribution in [2.24, 2.45) is 0 Å². The summed E-state index contributed by atoms with van der Waals surface area (Å²) in [5, 5.41) is 3.73. The Bertz CT molecular complexity index is 791. The molecule has 28 heavy (non-hydrogen) atoms. The van der Waals surface area contributed by atoms with Crippen LogP contribution in [-0.4, -0.2) is 50.1 Å². The van der Waals surface area contributed by atoms with Crippen molar-refractivity contribution >= 4 is 23.2 Å². The maximum atomic E-state index is 12.5. The zero-order valence-electron chi connectivity index (χ0n) is 16.5. The average molecular weight is 402 g/mol. The molecule has 0 spiro atoms. The van der Waals surface area contributed by atoms with Crippen LogP contribution in [0.4, 0.5) is 5.69 Å². The minimum atomic E-state index is -0.111. The molecule has 0 bridgehead atoms.